The predicted molar refractivity (Wildman–Crippen MR) is 88.1 cm³/mol. The van der Waals surface area contributed by atoms with Crippen molar-refractivity contribution >= 4 is 37.5 Å². The number of hydrogen-bond donors (Lipinski definition) is 1. The third-order valence-electron chi connectivity index (χ3n) is 4.02. The normalized spacial score (nSPS) is 15.7. The van der Waals surface area contributed by atoms with Crippen LogP contribution in [0, 0.1) is 11.3 Å². The highest BCUT2D eigenvalue weighted by Gasteiger charge is 2.28. The maximum absolute atomic E-state index is 12.1. The third-order valence-corrected chi connectivity index (χ3v) is 5.58. The van der Waals surface area contributed by atoms with Crippen LogP contribution < -0.4 is 0 Å². The van der Waals surface area contributed by atoms with E-state index in [1.54, 1.807) is 18.5 Å². The Bertz CT molecular complexity index is 1130. The summed E-state index contributed by atoms with van der Waals surface area (Å²) < 4.78 is 25.4. The maximum atomic E-state index is 12.1. The lowest BCUT2D eigenvalue weighted by molar-refractivity contribution is 0.493. The van der Waals surface area contributed by atoms with E-state index in [2.05, 4.69) is 19.9 Å². The van der Waals surface area contributed by atoms with Crippen molar-refractivity contribution in [3.8, 4) is 6.07 Å². The number of nitrogens with zero attached hydrogens (tertiary/aromatic N) is 5. The first-order valence-corrected chi connectivity index (χ1v) is 8.82. The highest BCUT2D eigenvalue weighted by Crippen LogP contribution is 2.30. The zero-order chi connectivity index (χ0) is 16.7. The van der Waals surface area contributed by atoms with Crippen LogP contribution in [-0.4, -0.2) is 51.5 Å². The average Bonchev–Trinajstić information content (AvgIpc) is 3.23. The molecule has 1 aliphatic rings. The van der Waals surface area contributed by atoms with E-state index in [0.717, 1.165) is 22.0 Å². The van der Waals surface area contributed by atoms with Gasteiger partial charge in [-0.15, -0.1) is 0 Å². The Labute approximate surface area is 137 Å². The molecule has 0 fully saturated rings. The molecule has 120 valence electrons. The van der Waals surface area contributed by atoms with Crippen molar-refractivity contribution < 1.29 is 8.42 Å². The fraction of sp³-hybridized carbons (Fsp3) is 0.200. The second-order valence-corrected chi connectivity index (χ2v) is 7.39. The van der Waals surface area contributed by atoms with Gasteiger partial charge in [0.2, 0.25) is 10.0 Å². The van der Waals surface area contributed by atoms with Crippen LogP contribution in [-0.2, 0) is 10.0 Å². The molecule has 3 aromatic heterocycles. The first kappa shape index (κ1) is 14.7. The Balaban J connectivity index is 1.81. The summed E-state index contributed by atoms with van der Waals surface area (Å²) >= 11 is 0. The maximum Gasteiger partial charge on any atom is 0.228 e. The zero-order valence-corrected chi connectivity index (χ0v) is 13.3. The van der Waals surface area contributed by atoms with Gasteiger partial charge in [0.15, 0.2) is 5.75 Å². The molecule has 0 saturated heterocycles. The van der Waals surface area contributed by atoms with Crippen LogP contribution in [0.4, 0.5) is 0 Å². The summed E-state index contributed by atoms with van der Waals surface area (Å²) in [6.07, 6.45) is 6.74. The van der Waals surface area contributed by atoms with Crippen LogP contribution in [0.5, 0.6) is 0 Å². The molecular weight excluding hydrogens is 328 g/mol. The van der Waals surface area contributed by atoms with E-state index in [0.29, 0.717) is 11.2 Å². The van der Waals surface area contributed by atoms with E-state index in [9.17, 15) is 8.42 Å². The van der Waals surface area contributed by atoms with Crippen LogP contribution in [0.3, 0.4) is 0 Å². The van der Waals surface area contributed by atoms with Gasteiger partial charge in [-0.25, -0.2) is 23.4 Å². The number of hydrogen-bond acceptors (Lipinski definition) is 6. The average molecular weight is 340 g/mol. The SMILES string of the molecule is N#CCS(=O)(=O)N1CC=C(c2ncnc3cnc4[nH]ccc4c23)C1. The van der Waals surface area contributed by atoms with Gasteiger partial charge in [0, 0.05) is 30.1 Å². The second-order valence-electron chi connectivity index (χ2n) is 5.42. The van der Waals surface area contributed by atoms with Crippen molar-refractivity contribution in [3.05, 3.63) is 36.6 Å². The summed E-state index contributed by atoms with van der Waals surface area (Å²) in [5.41, 5.74) is 2.93. The molecule has 3 aromatic rings. The summed E-state index contributed by atoms with van der Waals surface area (Å²) in [7, 11) is -3.58. The van der Waals surface area contributed by atoms with Crippen molar-refractivity contribution in [2.75, 3.05) is 18.8 Å². The van der Waals surface area contributed by atoms with Gasteiger partial charge >= 0.3 is 0 Å². The molecular formula is C15H12N6O2S. The van der Waals surface area contributed by atoms with Crippen LogP contribution in [0.1, 0.15) is 5.69 Å². The van der Waals surface area contributed by atoms with Gasteiger partial charge in [-0.05, 0) is 11.6 Å². The Morgan fingerprint density at radius 1 is 1.33 bits per heavy atom. The number of nitrogens with one attached hydrogen (secondary N) is 1. The molecule has 0 radical (unpaired) electrons. The van der Waals surface area contributed by atoms with Gasteiger partial charge in [-0.2, -0.15) is 9.57 Å². The summed E-state index contributed by atoms with van der Waals surface area (Å²) in [6.45, 7) is 0.441. The fourth-order valence-corrected chi connectivity index (χ4v) is 3.87. The summed E-state index contributed by atoms with van der Waals surface area (Å²) in [5.74, 6) is -0.523. The minimum absolute atomic E-state index is 0.199. The summed E-state index contributed by atoms with van der Waals surface area (Å²) in [5, 5.41) is 10.4. The molecule has 8 nitrogen and oxygen atoms in total. The van der Waals surface area contributed by atoms with Gasteiger partial charge in [0.25, 0.3) is 0 Å². The molecule has 0 aromatic carbocycles. The molecule has 0 atom stereocenters. The molecule has 1 N–H and O–H groups in total. The van der Waals surface area contributed by atoms with Gasteiger partial charge in [0.1, 0.15) is 12.0 Å². The van der Waals surface area contributed by atoms with Crippen LogP contribution in [0.15, 0.2) is 30.9 Å². The number of fused-ring (bicyclic) bond motifs is 3. The van der Waals surface area contributed by atoms with E-state index >= 15 is 0 Å². The van der Waals surface area contributed by atoms with E-state index in [4.69, 9.17) is 5.26 Å². The Hall–Kier alpha value is -2.83. The molecule has 1 aliphatic heterocycles. The molecule has 0 unspecified atom stereocenters. The number of sulfonamides is 1. The molecule has 0 amide bonds. The monoisotopic (exact) mass is 340 g/mol. The van der Waals surface area contributed by atoms with Crippen molar-refractivity contribution in [2.45, 2.75) is 0 Å². The Kier molecular flexibility index (Phi) is 3.30. The predicted octanol–water partition coefficient (Wildman–Crippen LogP) is 1.06. The molecule has 4 heterocycles. The standard InChI is InChI=1S/C15H12N6O2S/c16-3-6-24(22,23)21-5-2-10(8-21)14-13-11-1-4-17-15(11)18-7-12(13)19-9-20-14/h1-2,4,7,9H,5-6,8H2,(H,17,18). The molecule has 4 rings (SSSR count). The largest absolute Gasteiger partial charge is 0.346 e. The molecule has 9 heteroatoms. The molecule has 24 heavy (non-hydrogen) atoms. The van der Waals surface area contributed by atoms with Gasteiger partial charge in [-0.1, -0.05) is 6.08 Å². The quantitative estimate of drug-likeness (QED) is 0.762. The first-order valence-electron chi connectivity index (χ1n) is 7.21. The van der Waals surface area contributed by atoms with Crippen LogP contribution in [0.2, 0.25) is 0 Å². The minimum Gasteiger partial charge on any atom is -0.346 e. The van der Waals surface area contributed by atoms with Crippen molar-refractivity contribution in [1.82, 2.24) is 24.2 Å². The van der Waals surface area contributed by atoms with E-state index in [1.807, 2.05) is 12.1 Å². The van der Waals surface area contributed by atoms with E-state index in [-0.39, 0.29) is 13.1 Å². The van der Waals surface area contributed by atoms with Gasteiger partial charge in [0.05, 0.1) is 23.5 Å². The summed E-state index contributed by atoms with van der Waals surface area (Å²) in [6, 6.07) is 3.60. The van der Waals surface area contributed by atoms with Gasteiger partial charge in [-0.3, -0.25) is 0 Å². The number of pyridine rings is 1. The minimum atomic E-state index is -3.58. The molecule has 0 spiro atoms. The van der Waals surface area contributed by atoms with Gasteiger partial charge < -0.3 is 4.98 Å². The molecule has 0 saturated carbocycles. The lowest BCUT2D eigenvalue weighted by Gasteiger charge is -2.14. The van der Waals surface area contributed by atoms with Crippen molar-refractivity contribution in [2.24, 2.45) is 0 Å². The van der Waals surface area contributed by atoms with Crippen LogP contribution >= 0.6 is 0 Å². The number of aromatic nitrogens is 4. The number of aromatic amines is 1. The second kappa shape index (κ2) is 5.36. The molecule has 0 bridgehead atoms. The van der Waals surface area contributed by atoms with Crippen molar-refractivity contribution in [3.63, 3.8) is 0 Å². The topological polar surface area (TPSA) is 116 Å². The van der Waals surface area contributed by atoms with Crippen LogP contribution in [0.25, 0.3) is 27.5 Å². The zero-order valence-electron chi connectivity index (χ0n) is 12.5. The Morgan fingerprint density at radius 3 is 3.04 bits per heavy atom. The lowest BCUT2D eigenvalue weighted by atomic mass is 10.1. The fourth-order valence-electron chi connectivity index (χ4n) is 2.89. The summed E-state index contributed by atoms with van der Waals surface area (Å²) in [4.78, 5) is 16.0. The highest BCUT2D eigenvalue weighted by molar-refractivity contribution is 7.89. The lowest BCUT2D eigenvalue weighted by Crippen LogP contribution is -2.30. The molecule has 0 aliphatic carbocycles. The van der Waals surface area contributed by atoms with E-state index in [1.165, 1.54) is 10.6 Å². The number of nitriles is 1. The van der Waals surface area contributed by atoms with Crippen molar-refractivity contribution in [1.29, 1.82) is 5.26 Å². The van der Waals surface area contributed by atoms with E-state index < -0.39 is 15.8 Å². The third kappa shape index (κ3) is 2.24. The smallest absolute Gasteiger partial charge is 0.228 e. The number of H-pyrrole nitrogens is 1. The number of rotatable bonds is 3. The Morgan fingerprint density at radius 2 is 2.21 bits per heavy atom. The highest BCUT2D eigenvalue weighted by atomic mass is 32.2. The first-order chi connectivity index (χ1) is 11.6.